The molecule has 0 aliphatic heterocycles. The highest BCUT2D eigenvalue weighted by molar-refractivity contribution is 8.02. The van der Waals surface area contributed by atoms with Crippen LogP contribution in [0.1, 0.15) is 6.92 Å². The number of nitrogens with one attached hydrogen (secondary N) is 2. The number of benzene rings is 1. The Kier molecular flexibility index (Phi) is 5.29. The number of thiazole rings is 1. The van der Waals surface area contributed by atoms with E-state index in [4.69, 9.17) is 0 Å². The van der Waals surface area contributed by atoms with Crippen LogP contribution < -0.4 is 10.6 Å². The smallest absolute Gasteiger partial charge is 0.305 e. The zero-order chi connectivity index (χ0) is 15.2. The summed E-state index contributed by atoms with van der Waals surface area (Å²) in [5, 5.41) is 5.77. The van der Waals surface area contributed by atoms with Crippen LogP contribution in [0.25, 0.3) is 0 Å². The predicted molar refractivity (Wildman–Crippen MR) is 81.0 cm³/mol. The standard InChI is InChI=1S/C13H12FN3O2S2/c1-8(21-13-15-6-7-20-13)11(18)17-12(19)16-10-5-3-2-4-9(10)14/h2-8H,1H3,(H2,16,17,18,19)/t8-/m0/s1. The minimum Gasteiger partial charge on any atom is -0.305 e. The Morgan fingerprint density at radius 1 is 1.38 bits per heavy atom. The van der Waals surface area contributed by atoms with Gasteiger partial charge in [-0.2, -0.15) is 0 Å². The Labute approximate surface area is 129 Å². The number of thioether (sulfide) groups is 1. The first-order chi connectivity index (χ1) is 10.1. The molecule has 0 fully saturated rings. The SMILES string of the molecule is C[C@H](Sc1nccs1)C(=O)NC(=O)Nc1ccccc1F. The minimum absolute atomic E-state index is 0.0167. The van der Waals surface area contributed by atoms with Gasteiger partial charge in [-0.1, -0.05) is 23.9 Å². The molecule has 0 spiro atoms. The number of halogens is 1. The summed E-state index contributed by atoms with van der Waals surface area (Å²) in [7, 11) is 0. The van der Waals surface area contributed by atoms with E-state index in [2.05, 4.69) is 15.6 Å². The molecule has 0 aliphatic rings. The van der Waals surface area contributed by atoms with E-state index in [0.29, 0.717) is 0 Å². The maximum Gasteiger partial charge on any atom is 0.325 e. The van der Waals surface area contributed by atoms with Crippen molar-refractivity contribution in [2.75, 3.05) is 5.32 Å². The molecule has 1 heterocycles. The van der Waals surface area contributed by atoms with Crippen molar-refractivity contribution in [1.82, 2.24) is 10.3 Å². The first-order valence-corrected chi connectivity index (χ1v) is 7.74. The molecular weight excluding hydrogens is 313 g/mol. The maximum atomic E-state index is 13.4. The van der Waals surface area contributed by atoms with Crippen LogP contribution in [0.4, 0.5) is 14.9 Å². The molecule has 1 aromatic heterocycles. The number of aromatic nitrogens is 1. The number of anilines is 1. The van der Waals surface area contributed by atoms with Gasteiger partial charge in [0, 0.05) is 11.6 Å². The quantitative estimate of drug-likeness (QED) is 0.847. The Bertz CT molecular complexity index is 634. The van der Waals surface area contributed by atoms with Crippen LogP contribution in [0.3, 0.4) is 0 Å². The van der Waals surface area contributed by atoms with Crippen LogP contribution in [0.5, 0.6) is 0 Å². The second kappa shape index (κ2) is 7.19. The topological polar surface area (TPSA) is 71.1 Å². The number of para-hydroxylation sites is 1. The third kappa shape index (κ3) is 4.54. The summed E-state index contributed by atoms with van der Waals surface area (Å²) in [6, 6.07) is 4.96. The summed E-state index contributed by atoms with van der Waals surface area (Å²) in [6.45, 7) is 1.66. The van der Waals surface area contributed by atoms with E-state index in [1.54, 1.807) is 24.6 Å². The van der Waals surface area contributed by atoms with Crippen LogP contribution in [-0.2, 0) is 4.79 Å². The van der Waals surface area contributed by atoms with E-state index in [1.807, 2.05) is 0 Å². The molecule has 110 valence electrons. The second-order valence-corrected chi connectivity index (χ2v) is 6.46. The zero-order valence-electron chi connectivity index (χ0n) is 11.0. The molecule has 1 aromatic carbocycles. The summed E-state index contributed by atoms with van der Waals surface area (Å²) in [5.41, 5.74) is 0.0167. The number of rotatable bonds is 4. The van der Waals surface area contributed by atoms with E-state index in [-0.39, 0.29) is 5.69 Å². The summed E-state index contributed by atoms with van der Waals surface area (Å²) in [6.07, 6.45) is 1.64. The van der Waals surface area contributed by atoms with Gasteiger partial charge >= 0.3 is 6.03 Å². The van der Waals surface area contributed by atoms with E-state index in [1.165, 1.54) is 41.3 Å². The molecule has 8 heteroatoms. The van der Waals surface area contributed by atoms with Crippen molar-refractivity contribution in [3.63, 3.8) is 0 Å². The van der Waals surface area contributed by atoms with Crippen LogP contribution in [-0.4, -0.2) is 22.2 Å². The fourth-order valence-electron chi connectivity index (χ4n) is 1.40. The number of carbonyl (C=O) groups excluding carboxylic acids is 2. The molecule has 1 atom stereocenters. The lowest BCUT2D eigenvalue weighted by molar-refractivity contribution is -0.119. The maximum absolute atomic E-state index is 13.4. The van der Waals surface area contributed by atoms with Gasteiger partial charge in [-0.05, 0) is 19.1 Å². The van der Waals surface area contributed by atoms with Crippen molar-refractivity contribution in [3.8, 4) is 0 Å². The minimum atomic E-state index is -0.767. The van der Waals surface area contributed by atoms with Crippen LogP contribution >= 0.6 is 23.1 Å². The average Bonchev–Trinajstić information content (AvgIpc) is 2.94. The molecule has 5 nitrogen and oxygen atoms in total. The highest BCUT2D eigenvalue weighted by Crippen LogP contribution is 2.24. The van der Waals surface area contributed by atoms with Gasteiger partial charge in [0.2, 0.25) is 5.91 Å². The summed E-state index contributed by atoms with van der Waals surface area (Å²) in [5.74, 6) is -1.03. The van der Waals surface area contributed by atoms with Crippen LogP contribution in [0, 0.1) is 5.82 Å². The van der Waals surface area contributed by atoms with Crippen molar-refractivity contribution < 1.29 is 14.0 Å². The predicted octanol–water partition coefficient (Wildman–Crippen LogP) is 3.11. The lowest BCUT2D eigenvalue weighted by Gasteiger charge is -2.10. The zero-order valence-corrected chi connectivity index (χ0v) is 12.6. The van der Waals surface area contributed by atoms with Crippen molar-refractivity contribution >= 4 is 40.7 Å². The van der Waals surface area contributed by atoms with Crippen molar-refractivity contribution in [1.29, 1.82) is 0 Å². The number of hydrogen-bond donors (Lipinski definition) is 2. The molecule has 0 radical (unpaired) electrons. The number of nitrogens with zero attached hydrogens (tertiary/aromatic N) is 1. The first kappa shape index (κ1) is 15.5. The van der Waals surface area contributed by atoms with E-state index in [0.717, 1.165) is 4.34 Å². The highest BCUT2D eigenvalue weighted by Gasteiger charge is 2.18. The van der Waals surface area contributed by atoms with E-state index in [9.17, 15) is 14.0 Å². The molecule has 0 saturated carbocycles. The molecule has 2 aromatic rings. The molecule has 0 aliphatic carbocycles. The Morgan fingerprint density at radius 2 is 2.14 bits per heavy atom. The Hall–Kier alpha value is -1.93. The molecule has 2 rings (SSSR count). The molecule has 3 amide bonds. The number of imide groups is 1. The molecule has 0 saturated heterocycles. The lowest BCUT2D eigenvalue weighted by Crippen LogP contribution is -2.39. The summed E-state index contributed by atoms with van der Waals surface area (Å²) < 4.78 is 14.1. The van der Waals surface area contributed by atoms with Gasteiger partial charge in [-0.25, -0.2) is 14.2 Å². The molecule has 0 bridgehead atoms. The molecule has 21 heavy (non-hydrogen) atoms. The van der Waals surface area contributed by atoms with Gasteiger partial charge in [-0.3, -0.25) is 10.1 Å². The van der Waals surface area contributed by atoms with Gasteiger partial charge in [0.15, 0.2) is 4.34 Å². The molecule has 0 unspecified atom stereocenters. The Morgan fingerprint density at radius 3 is 2.81 bits per heavy atom. The number of carbonyl (C=O) groups is 2. The second-order valence-electron chi connectivity index (χ2n) is 3.98. The average molecular weight is 325 g/mol. The fourth-order valence-corrected chi connectivity index (χ4v) is 3.17. The lowest BCUT2D eigenvalue weighted by atomic mass is 10.3. The van der Waals surface area contributed by atoms with Gasteiger partial charge in [0.25, 0.3) is 0 Å². The van der Waals surface area contributed by atoms with Crippen molar-refractivity contribution in [3.05, 3.63) is 41.7 Å². The van der Waals surface area contributed by atoms with Crippen molar-refractivity contribution in [2.45, 2.75) is 16.5 Å². The van der Waals surface area contributed by atoms with E-state index < -0.39 is 23.0 Å². The highest BCUT2D eigenvalue weighted by atomic mass is 32.2. The number of urea groups is 1. The van der Waals surface area contributed by atoms with E-state index >= 15 is 0 Å². The number of amides is 3. The van der Waals surface area contributed by atoms with Crippen molar-refractivity contribution in [2.24, 2.45) is 0 Å². The monoisotopic (exact) mass is 325 g/mol. The summed E-state index contributed by atoms with van der Waals surface area (Å²) in [4.78, 5) is 27.5. The fraction of sp³-hybridized carbons (Fsp3) is 0.154. The van der Waals surface area contributed by atoms with Crippen LogP contribution in [0.15, 0.2) is 40.2 Å². The molecular formula is C13H12FN3O2S2. The largest absolute Gasteiger partial charge is 0.325 e. The normalized spacial score (nSPS) is 11.7. The van der Waals surface area contributed by atoms with Gasteiger partial charge in [0.1, 0.15) is 5.82 Å². The first-order valence-electron chi connectivity index (χ1n) is 5.99. The van der Waals surface area contributed by atoms with Gasteiger partial charge in [-0.15, -0.1) is 11.3 Å². The summed E-state index contributed by atoms with van der Waals surface area (Å²) >= 11 is 2.66. The van der Waals surface area contributed by atoms with Crippen LogP contribution in [0.2, 0.25) is 0 Å². The molecule has 2 N–H and O–H groups in total. The van der Waals surface area contributed by atoms with Gasteiger partial charge in [0.05, 0.1) is 10.9 Å². The Balaban J connectivity index is 1.87. The third-order valence-electron chi connectivity index (χ3n) is 2.42. The number of hydrogen-bond acceptors (Lipinski definition) is 5. The van der Waals surface area contributed by atoms with Gasteiger partial charge < -0.3 is 5.32 Å². The third-order valence-corrected chi connectivity index (χ3v) is 4.43.